The fourth-order valence-corrected chi connectivity index (χ4v) is 4.48. The quantitative estimate of drug-likeness (QED) is 0.850. The summed E-state index contributed by atoms with van der Waals surface area (Å²) in [4.78, 5) is 27.9. The first-order valence-corrected chi connectivity index (χ1v) is 10.6. The van der Waals surface area contributed by atoms with Gasteiger partial charge in [0.15, 0.2) is 6.04 Å². The highest BCUT2D eigenvalue weighted by Crippen LogP contribution is 2.29. The lowest BCUT2D eigenvalue weighted by molar-refractivity contribution is -0.144. The van der Waals surface area contributed by atoms with Crippen LogP contribution in [0, 0.1) is 5.82 Å². The zero-order chi connectivity index (χ0) is 20.2. The van der Waals surface area contributed by atoms with E-state index in [2.05, 4.69) is 5.32 Å². The lowest BCUT2D eigenvalue weighted by atomic mass is 9.96. The zero-order valence-electron chi connectivity index (χ0n) is 16.6. The molecule has 2 aromatic rings. The first-order valence-electron chi connectivity index (χ1n) is 10.6. The molecule has 1 saturated carbocycles. The van der Waals surface area contributed by atoms with Gasteiger partial charge in [-0.05, 0) is 42.7 Å². The predicted octanol–water partition coefficient (Wildman–Crippen LogP) is 3.94. The summed E-state index contributed by atoms with van der Waals surface area (Å²) in [6.45, 7) is 0.504. The summed E-state index contributed by atoms with van der Waals surface area (Å²) in [5, 5.41) is 3.23. The molecule has 1 fully saturated rings. The number of hydrogen-bond acceptors (Lipinski definition) is 2. The van der Waals surface area contributed by atoms with Gasteiger partial charge in [0.25, 0.3) is 0 Å². The number of rotatable bonds is 4. The van der Waals surface area contributed by atoms with E-state index in [4.69, 9.17) is 0 Å². The van der Waals surface area contributed by atoms with Gasteiger partial charge in [0.1, 0.15) is 12.4 Å². The van der Waals surface area contributed by atoms with Crippen LogP contribution in [-0.4, -0.2) is 27.3 Å². The maximum Gasteiger partial charge on any atom is 0.249 e. The van der Waals surface area contributed by atoms with Crippen LogP contribution in [0.25, 0.3) is 0 Å². The highest BCUT2D eigenvalue weighted by atomic mass is 19.1. The predicted molar refractivity (Wildman–Crippen MR) is 108 cm³/mol. The van der Waals surface area contributed by atoms with Gasteiger partial charge in [0, 0.05) is 18.8 Å². The summed E-state index contributed by atoms with van der Waals surface area (Å²) in [5.41, 5.74) is 1.64. The second kappa shape index (κ2) is 8.80. The molecule has 1 aromatic heterocycles. The number of nitrogens with one attached hydrogen (secondary N) is 1. The fraction of sp³-hybridized carbons (Fsp3) is 0.478. The molecule has 1 aliphatic heterocycles. The SMILES string of the molecule is O=C(NC1CCCCCCC1)[C@H]1c2cccn2CC(=O)N1Cc1ccc(F)cc1. The lowest BCUT2D eigenvalue weighted by Gasteiger charge is -2.37. The number of nitrogens with zero attached hydrogens (tertiary/aromatic N) is 2. The van der Waals surface area contributed by atoms with Crippen molar-refractivity contribution in [2.24, 2.45) is 0 Å². The zero-order valence-corrected chi connectivity index (χ0v) is 16.6. The Hall–Kier alpha value is -2.63. The Labute approximate surface area is 170 Å². The molecule has 5 nitrogen and oxygen atoms in total. The molecule has 0 unspecified atom stereocenters. The molecule has 29 heavy (non-hydrogen) atoms. The highest BCUT2D eigenvalue weighted by Gasteiger charge is 2.38. The van der Waals surface area contributed by atoms with Crippen LogP contribution in [0.2, 0.25) is 0 Å². The molecule has 1 aromatic carbocycles. The van der Waals surface area contributed by atoms with Crippen LogP contribution in [-0.2, 0) is 22.7 Å². The van der Waals surface area contributed by atoms with Crippen LogP contribution in [0.4, 0.5) is 4.39 Å². The minimum atomic E-state index is -0.665. The molecule has 6 heteroatoms. The maximum absolute atomic E-state index is 13.3. The first-order chi connectivity index (χ1) is 14.1. The van der Waals surface area contributed by atoms with Gasteiger partial charge < -0.3 is 14.8 Å². The minimum Gasteiger partial charge on any atom is -0.351 e. The first kappa shape index (κ1) is 19.7. The van der Waals surface area contributed by atoms with Crippen molar-refractivity contribution in [3.8, 4) is 0 Å². The molecule has 4 rings (SSSR count). The molecule has 2 heterocycles. The molecule has 0 spiro atoms. The third kappa shape index (κ3) is 4.52. The largest absolute Gasteiger partial charge is 0.351 e. The maximum atomic E-state index is 13.3. The van der Waals surface area contributed by atoms with Crippen LogP contribution < -0.4 is 5.32 Å². The van der Waals surface area contributed by atoms with E-state index >= 15 is 0 Å². The van der Waals surface area contributed by atoms with Crippen LogP contribution in [0.1, 0.15) is 62.2 Å². The second-order valence-corrected chi connectivity index (χ2v) is 8.16. The molecular formula is C23H28FN3O2. The van der Waals surface area contributed by atoms with E-state index in [9.17, 15) is 14.0 Å². The van der Waals surface area contributed by atoms with Crippen molar-refractivity contribution in [1.82, 2.24) is 14.8 Å². The number of aromatic nitrogens is 1. The van der Waals surface area contributed by atoms with Crippen molar-refractivity contribution < 1.29 is 14.0 Å². The van der Waals surface area contributed by atoms with E-state index in [0.29, 0.717) is 0 Å². The Morgan fingerprint density at radius 2 is 1.72 bits per heavy atom. The number of carbonyl (C=O) groups excluding carboxylic acids is 2. The number of fused-ring (bicyclic) bond motifs is 1. The van der Waals surface area contributed by atoms with Crippen molar-refractivity contribution in [1.29, 1.82) is 0 Å². The van der Waals surface area contributed by atoms with Crippen molar-refractivity contribution in [3.63, 3.8) is 0 Å². The molecular weight excluding hydrogens is 369 g/mol. The second-order valence-electron chi connectivity index (χ2n) is 8.16. The van der Waals surface area contributed by atoms with Gasteiger partial charge in [0.05, 0.1) is 5.69 Å². The molecule has 2 amide bonds. The van der Waals surface area contributed by atoms with E-state index < -0.39 is 6.04 Å². The van der Waals surface area contributed by atoms with Gasteiger partial charge in [0.2, 0.25) is 11.8 Å². The van der Waals surface area contributed by atoms with Crippen LogP contribution in [0.5, 0.6) is 0 Å². The van der Waals surface area contributed by atoms with Gasteiger partial charge in [-0.25, -0.2) is 4.39 Å². The Bertz CT molecular complexity index is 853. The minimum absolute atomic E-state index is 0.101. The number of amides is 2. The number of carbonyl (C=O) groups is 2. The summed E-state index contributed by atoms with van der Waals surface area (Å²) >= 11 is 0. The van der Waals surface area contributed by atoms with Crippen molar-refractivity contribution in [2.45, 2.75) is 70.1 Å². The van der Waals surface area contributed by atoms with Gasteiger partial charge in [-0.15, -0.1) is 0 Å². The summed E-state index contributed by atoms with van der Waals surface area (Å²) in [7, 11) is 0. The third-order valence-electron chi connectivity index (χ3n) is 6.05. The fourth-order valence-electron chi connectivity index (χ4n) is 4.48. The average Bonchev–Trinajstić information content (AvgIpc) is 3.13. The normalized spacial score (nSPS) is 20.7. The van der Waals surface area contributed by atoms with Gasteiger partial charge in [-0.3, -0.25) is 9.59 Å². The number of benzene rings is 1. The van der Waals surface area contributed by atoms with Crippen molar-refractivity contribution in [3.05, 3.63) is 59.7 Å². The van der Waals surface area contributed by atoms with Crippen molar-refractivity contribution >= 4 is 11.8 Å². The van der Waals surface area contributed by atoms with Gasteiger partial charge in [-0.2, -0.15) is 0 Å². The van der Waals surface area contributed by atoms with Crippen LogP contribution >= 0.6 is 0 Å². The highest BCUT2D eigenvalue weighted by molar-refractivity contribution is 5.90. The summed E-state index contributed by atoms with van der Waals surface area (Å²) < 4.78 is 15.1. The van der Waals surface area contributed by atoms with Crippen molar-refractivity contribution in [2.75, 3.05) is 0 Å². The Kier molecular flexibility index (Phi) is 5.97. The molecule has 0 radical (unpaired) electrons. The molecule has 154 valence electrons. The molecule has 0 bridgehead atoms. The smallest absolute Gasteiger partial charge is 0.249 e. The van der Waals surface area contributed by atoms with Gasteiger partial charge in [-0.1, -0.05) is 44.2 Å². The average molecular weight is 397 g/mol. The molecule has 0 saturated heterocycles. The van der Waals surface area contributed by atoms with E-state index in [-0.39, 0.29) is 36.8 Å². The topological polar surface area (TPSA) is 54.3 Å². The number of hydrogen-bond donors (Lipinski definition) is 1. The summed E-state index contributed by atoms with van der Waals surface area (Å²) in [5.74, 6) is -0.535. The Morgan fingerprint density at radius 3 is 2.45 bits per heavy atom. The third-order valence-corrected chi connectivity index (χ3v) is 6.05. The molecule has 1 aliphatic carbocycles. The lowest BCUT2D eigenvalue weighted by Crippen LogP contribution is -2.50. The Balaban J connectivity index is 1.56. The van der Waals surface area contributed by atoms with Crippen LogP contribution in [0.15, 0.2) is 42.6 Å². The van der Waals surface area contributed by atoms with Crippen LogP contribution in [0.3, 0.4) is 0 Å². The summed E-state index contributed by atoms with van der Waals surface area (Å²) in [6, 6.07) is 9.39. The van der Waals surface area contributed by atoms with E-state index in [1.54, 1.807) is 17.0 Å². The standard InChI is InChI=1S/C23H28FN3O2/c24-18-12-10-17(11-13-18)15-27-21(28)16-26-14-6-9-20(26)22(27)23(29)25-19-7-4-2-1-3-5-8-19/h6,9-14,19,22H,1-5,7-8,15-16H2,(H,25,29)/t22-/m1/s1. The number of halogens is 1. The monoisotopic (exact) mass is 397 g/mol. The molecule has 1 N–H and O–H groups in total. The van der Waals surface area contributed by atoms with Gasteiger partial charge >= 0.3 is 0 Å². The van der Waals surface area contributed by atoms with E-state index in [0.717, 1.165) is 36.9 Å². The van der Waals surface area contributed by atoms with E-state index in [1.807, 2.05) is 22.9 Å². The Morgan fingerprint density at radius 1 is 1.03 bits per heavy atom. The molecule has 2 aliphatic rings. The van der Waals surface area contributed by atoms with E-state index in [1.165, 1.54) is 31.4 Å². The molecule has 1 atom stereocenters. The summed E-state index contributed by atoms with van der Waals surface area (Å²) in [6.07, 6.45) is 9.79.